The molecule has 0 fully saturated rings. The first kappa shape index (κ1) is 20.2. The van der Waals surface area contributed by atoms with Crippen LogP contribution in [-0.2, 0) is 4.79 Å². The molecule has 0 aliphatic carbocycles. The number of phenols is 2. The van der Waals surface area contributed by atoms with Gasteiger partial charge in [0.25, 0.3) is 5.91 Å². The lowest BCUT2D eigenvalue weighted by Gasteiger charge is -2.21. The van der Waals surface area contributed by atoms with Gasteiger partial charge >= 0.3 is 0 Å². The van der Waals surface area contributed by atoms with E-state index in [0.29, 0.717) is 0 Å². The fourth-order valence-electron chi connectivity index (χ4n) is 2.50. The molecule has 2 aromatic rings. The van der Waals surface area contributed by atoms with Gasteiger partial charge in [-0.3, -0.25) is 9.59 Å². The van der Waals surface area contributed by atoms with Gasteiger partial charge in [-0.1, -0.05) is 19.9 Å². The fraction of sp³-hybridized carbons (Fsp3) is 0.263. The number of hydrogen-bond donors (Lipinski definition) is 4. The second kappa shape index (κ2) is 8.48. The third-order valence-corrected chi connectivity index (χ3v) is 3.77. The van der Waals surface area contributed by atoms with E-state index in [-0.39, 0.29) is 18.0 Å². The highest BCUT2D eigenvalue weighted by molar-refractivity contribution is 6.02. The van der Waals surface area contributed by atoms with Gasteiger partial charge in [-0.05, 0) is 36.6 Å². The first-order chi connectivity index (χ1) is 12.7. The highest BCUT2D eigenvalue weighted by Gasteiger charge is 2.26. The van der Waals surface area contributed by atoms with E-state index in [4.69, 9.17) is 0 Å². The summed E-state index contributed by atoms with van der Waals surface area (Å²) in [6.45, 7) is 3.64. The Labute approximate surface area is 154 Å². The molecular formula is C19H20F2N2O4. The number of amides is 2. The van der Waals surface area contributed by atoms with Gasteiger partial charge in [-0.15, -0.1) is 0 Å². The van der Waals surface area contributed by atoms with Crippen LogP contribution in [0.5, 0.6) is 11.5 Å². The molecule has 0 aromatic heterocycles. The maximum Gasteiger partial charge on any atom is 0.258 e. The van der Waals surface area contributed by atoms with E-state index >= 15 is 0 Å². The van der Waals surface area contributed by atoms with Crippen molar-refractivity contribution >= 4 is 17.5 Å². The van der Waals surface area contributed by atoms with Crippen molar-refractivity contribution in [1.82, 2.24) is 5.32 Å². The zero-order chi connectivity index (χ0) is 20.1. The Kier molecular flexibility index (Phi) is 6.33. The van der Waals surface area contributed by atoms with Crippen molar-refractivity contribution in [2.45, 2.75) is 26.3 Å². The van der Waals surface area contributed by atoms with Gasteiger partial charge in [0.15, 0.2) is 0 Å². The summed E-state index contributed by atoms with van der Waals surface area (Å²) in [4.78, 5) is 24.9. The number of benzene rings is 2. The third-order valence-electron chi connectivity index (χ3n) is 3.77. The highest BCUT2D eigenvalue weighted by atomic mass is 19.1. The molecule has 8 heteroatoms. The molecule has 1 atom stereocenters. The molecule has 2 rings (SSSR count). The van der Waals surface area contributed by atoms with Crippen LogP contribution in [0.4, 0.5) is 14.5 Å². The van der Waals surface area contributed by atoms with Gasteiger partial charge < -0.3 is 20.8 Å². The van der Waals surface area contributed by atoms with Gasteiger partial charge in [-0.2, -0.15) is 0 Å². The summed E-state index contributed by atoms with van der Waals surface area (Å²) >= 11 is 0. The first-order valence-electron chi connectivity index (χ1n) is 8.26. The Morgan fingerprint density at radius 1 is 1.07 bits per heavy atom. The third kappa shape index (κ3) is 5.16. The normalized spacial score (nSPS) is 11.9. The van der Waals surface area contributed by atoms with Crippen LogP contribution in [0.15, 0.2) is 36.4 Å². The largest absolute Gasteiger partial charge is 0.507 e. The summed E-state index contributed by atoms with van der Waals surface area (Å²) < 4.78 is 26.9. The Balaban J connectivity index is 2.21. The number of rotatable bonds is 6. The van der Waals surface area contributed by atoms with Crippen molar-refractivity contribution in [3.63, 3.8) is 0 Å². The minimum atomic E-state index is -1.07. The molecule has 0 aliphatic rings. The number of nitrogens with one attached hydrogen (secondary N) is 2. The molecule has 2 amide bonds. The average Bonchev–Trinajstić information content (AvgIpc) is 2.56. The van der Waals surface area contributed by atoms with Gasteiger partial charge in [0.1, 0.15) is 34.7 Å². The Bertz CT molecular complexity index is 835. The minimum Gasteiger partial charge on any atom is -0.507 e. The number of anilines is 1. The molecule has 0 unspecified atom stereocenters. The van der Waals surface area contributed by atoms with Crippen LogP contribution in [0.1, 0.15) is 30.6 Å². The van der Waals surface area contributed by atoms with E-state index in [2.05, 4.69) is 10.6 Å². The molecule has 0 saturated carbocycles. The number of aromatic hydroxyl groups is 2. The number of hydrogen-bond acceptors (Lipinski definition) is 4. The summed E-state index contributed by atoms with van der Waals surface area (Å²) in [5, 5.41) is 24.2. The predicted molar refractivity (Wildman–Crippen MR) is 95.5 cm³/mol. The van der Waals surface area contributed by atoms with Crippen LogP contribution in [0.2, 0.25) is 0 Å². The van der Waals surface area contributed by atoms with Gasteiger partial charge in [0.05, 0.1) is 5.69 Å². The van der Waals surface area contributed by atoms with E-state index in [0.717, 1.165) is 24.3 Å². The molecule has 0 aliphatic heterocycles. The number of halogens is 2. The van der Waals surface area contributed by atoms with Crippen molar-refractivity contribution in [2.75, 3.05) is 5.32 Å². The molecule has 0 radical (unpaired) electrons. The number of carbonyl (C=O) groups excluding carboxylic acids is 2. The van der Waals surface area contributed by atoms with Crippen LogP contribution < -0.4 is 10.6 Å². The van der Waals surface area contributed by atoms with Crippen LogP contribution in [-0.4, -0.2) is 28.1 Å². The Morgan fingerprint density at radius 3 is 2.37 bits per heavy atom. The summed E-state index contributed by atoms with van der Waals surface area (Å²) in [6.07, 6.45) is 0.217. The molecule has 0 heterocycles. The lowest BCUT2D eigenvalue weighted by atomic mass is 10.0. The van der Waals surface area contributed by atoms with Crippen molar-refractivity contribution in [2.24, 2.45) is 5.92 Å². The zero-order valence-electron chi connectivity index (χ0n) is 14.8. The fourth-order valence-corrected chi connectivity index (χ4v) is 2.50. The summed E-state index contributed by atoms with van der Waals surface area (Å²) in [7, 11) is 0. The van der Waals surface area contributed by atoms with Crippen molar-refractivity contribution < 1.29 is 28.6 Å². The van der Waals surface area contributed by atoms with Gasteiger partial charge in [0, 0.05) is 6.07 Å². The van der Waals surface area contributed by atoms with Crippen molar-refractivity contribution in [3.05, 3.63) is 53.6 Å². The Morgan fingerprint density at radius 2 is 1.78 bits per heavy atom. The van der Waals surface area contributed by atoms with Gasteiger partial charge in [0.2, 0.25) is 5.91 Å². The van der Waals surface area contributed by atoms with E-state index in [1.54, 1.807) is 0 Å². The molecular weight excluding hydrogens is 358 g/mol. The summed E-state index contributed by atoms with van der Waals surface area (Å²) in [5.41, 5.74) is -0.596. The van der Waals surface area contributed by atoms with Gasteiger partial charge in [-0.25, -0.2) is 8.78 Å². The molecule has 144 valence electrons. The lowest BCUT2D eigenvalue weighted by Crippen LogP contribution is -2.44. The van der Waals surface area contributed by atoms with Crippen LogP contribution in [0.25, 0.3) is 0 Å². The summed E-state index contributed by atoms with van der Waals surface area (Å²) in [5.74, 6) is -4.24. The Hall–Kier alpha value is -3.16. The molecule has 0 saturated heterocycles. The summed E-state index contributed by atoms with van der Waals surface area (Å²) in [6, 6.07) is 5.43. The van der Waals surface area contributed by atoms with E-state index < -0.39 is 46.6 Å². The van der Waals surface area contributed by atoms with Crippen molar-refractivity contribution in [1.29, 1.82) is 0 Å². The molecule has 27 heavy (non-hydrogen) atoms. The monoisotopic (exact) mass is 378 g/mol. The average molecular weight is 378 g/mol. The second-order valence-corrected chi connectivity index (χ2v) is 6.44. The molecule has 0 bridgehead atoms. The van der Waals surface area contributed by atoms with E-state index in [1.165, 1.54) is 12.1 Å². The quantitative estimate of drug-likeness (QED) is 0.580. The van der Waals surface area contributed by atoms with Crippen molar-refractivity contribution in [3.8, 4) is 11.5 Å². The molecule has 4 N–H and O–H groups in total. The maximum atomic E-state index is 13.9. The van der Waals surface area contributed by atoms with Crippen LogP contribution >= 0.6 is 0 Å². The van der Waals surface area contributed by atoms with Crippen LogP contribution in [0, 0.1) is 17.6 Å². The second-order valence-electron chi connectivity index (χ2n) is 6.44. The first-order valence-corrected chi connectivity index (χ1v) is 8.26. The highest BCUT2D eigenvalue weighted by Crippen LogP contribution is 2.24. The standard InChI is InChI=1S/C19H20F2N2O4/c1-10(2)8-14(18(26)22-13-7-6-11(20)9-16(13)25)23-19(27)17-12(21)4-3-5-15(17)24/h3-7,9-10,14,24-25H,8H2,1-2H3,(H,22,26)(H,23,27)/t14-/m0/s1. The van der Waals surface area contributed by atoms with E-state index in [9.17, 15) is 28.6 Å². The SMILES string of the molecule is CC(C)C[C@H](NC(=O)c1c(O)cccc1F)C(=O)Nc1ccc(F)cc1O. The van der Waals surface area contributed by atoms with Crippen LogP contribution in [0.3, 0.4) is 0 Å². The number of carbonyl (C=O) groups is 2. The zero-order valence-corrected chi connectivity index (χ0v) is 14.8. The minimum absolute atomic E-state index is 0.00270. The predicted octanol–water partition coefficient (Wildman–Crippen LogP) is 3.16. The number of phenolic OH excluding ortho intramolecular Hbond substituents is 2. The lowest BCUT2D eigenvalue weighted by molar-refractivity contribution is -0.118. The smallest absolute Gasteiger partial charge is 0.258 e. The molecule has 0 spiro atoms. The topological polar surface area (TPSA) is 98.7 Å². The molecule has 6 nitrogen and oxygen atoms in total. The van der Waals surface area contributed by atoms with E-state index in [1.807, 2.05) is 13.8 Å². The maximum absolute atomic E-state index is 13.9. The molecule has 2 aromatic carbocycles.